The van der Waals surface area contributed by atoms with Crippen LogP contribution >= 0.6 is 0 Å². The summed E-state index contributed by atoms with van der Waals surface area (Å²) in [5.74, 6) is 0. The minimum Gasteiger partial charge on any atom is -0.287 e. The van der Waals surface area contributed by atoms with Gasteiger partial charge in [0.05, 0.1) is 11.1 Å². The van der Waals surface area contributed by atoms with Gasteiger partial charge in [-0.15, -0.1) is 0 Å². The van der Waals surface area contributed by atoms with Gasteiger partial charge in [-0.3, -0.25) is 9.98 Å². The lowest BCUT2D eigenvalue weighted by atomic mass is 10.0. The molecule has 0 aromatic heterocycles. The number of nitrogens with zero attached hydrogens (tertiary/aromatic N) is 2. The van der Waals surface area contributed by atoms with Crippen molar-refractivity contribution in [3.8, 4) is 0 Å². The quantitative estimate of drug-likeness (QED) is 0.674. The van der Waals surface area contributed by atoms with Crippen LogP contribution in [0.4, 0.5) is 0 Å². The molecule has 0 atom stereocenters. The molecule has 0 heterocycles. The lowest BCUT2D eigenvalue weighted by Crippen LogP contribution is -2.11. The molecule has 0 saturated heterocycles. The first-order chi connectivity index (χ1) is 10.1. The van der Waals surface area contributed by atoms with Crippen molar-refractivity contribution in [2.24, 2.45) is 9.98 Å². The van der Waals surface area contributed by atoms with Crippen LogP contribution in [0.2, 0.25) is 0 Å². The van der Waals surface area contributed by atoms with Gasteiger partial charge in [-0.2, -0.15) is 0 Å². The van der Waals surface area contributed by atoms with Gasteiger partial charge in [-0.05, 0) is 64.4 Å². The van der Waals surface area contributed by atoms with E-state index in [1.807, 2.05) is 12.4 Å². The van der Waals surface area contributed by atoms with E-state index in [1.54, 1.807) is 0 Å². The zero-order valence-corrected chi connectivity index (χ0v) is 14.5. The summed E-state index contributed by atoms with van der Waals surface area (Å²) in [4.78, 5) is 9.30. The minimum absolute atomic E-state index is 0.0793. The Bertz CT molecular complexity index is 648. The van der Waals surface area contributed by atoms with Crippen molar-refractivity contribution in [2.45, 2.75) is 52.6 Å². The van der Waals surface area contributed by atoms with Gasteiger partial charge in [0.2, 0.25) is 0 Å². The predicted octanol–water partition coefficient (Wildman–Crippen LogP) is 5.27. The molecule has 2 aromatic rings. The highest BCUT2D eigenvalue weighted by Crippen LogP contribution is 2.20. The Kier molecular flexibility index (Phi) is 4.50. The predicted molar refractivity (Wildman–Crippen MR) is 98.6 cm³/mol. The van der Waals surface area contributed by atoms with E-state index in [0.29, 0.717) is 0 Å². The molecule has 2 nitrogen and oxygen atoms in total. The van der Waals surface area contributed by atoms with Crippen molar-refractivity contribution < 1.29 is 0 Å². The zero-order chi connectivity index (χ0) is 16.4. The number of rotatable bonds is 2. The van der Waals surface area contributed by atoms with Crippen molar-refractivity contribution in [1.29, 1.82) is 0 Å². The summed E-state index contributed by atoms with van der Waals surface area (Å²) < 4.78 is 0. The largest absolute Gasteiger partial charge is 0.287 e. The van der Waals surface area contributed by atoms with Gasteiger partial charge in [0, 0.05) is 23.6 Å². The van der Waals surface area contributed by atoms with Crippen LogP contribution in [0.1, 0.15) is 52.7 Å². The summed E-state index contributed by atoms with van der Waals surface area (Å²) in [6.07, 6.45) is 3.94. The topological polar surface area (TPSA) is 24.7 Å². The molecule has 2 heteroatoms. The maximum absolute atomic E-state index is 4.65. The van der Waals surface area contributed by atoms with E-state index < -0.39 is 0 Å². The molecule has 22 heavy (non-hydrogen) atoms. The zero-order valence-electron chi connectivity index (χ0n) is 14.5. The number of hydrogen-bond donors (Lipinski definition) is 0. The van der Waals surface area contributed by atoms with Gasteiger partial charge in [-0.1, -0.05) is 24.3 Å². The van der Waals surface area contributed by atoms with Crippen LogP contribution in [-0.4, -0.2) is 23.5 Å². The molecule has 0 aliphatic carbocycles. The van der Waals surface area contributed by atoms with Crippen LogP contribution in [0.15, 0.2) is 46.4 Å². The average Bonchev–Trinajstić information content (AvgIpc) is 2.40. The summed E-state index contributed by atoms with van der Waals surface area (Å²) in [6, 6.07) is 12.8. The summed E-state index contributed by atoms with van der Waals surface area (Å²) >= 11 is 0. The van der Waals surface area contributed by atoms with Crippen molar-refractivity contribution in [2.75, 3.05) is 0 Å². The molecule has 0 aliphatic rings. The molecule has 0 amide bonds. The lowest BCUT2D eigenvalue weighted by Gasteiger charge is -2.13. The molecule has 0 fully saturated rings. The fourth-order valence-electron chi connectivity index (χ4n) is 2.03. The van der Waals surface area contributed by atoms with E-state index in [2.05, 4.69) is 87.9 Å². The fraction of sp³-hybridized carbons (Fsp3) is 0.400. The molecule has 0 N–H and O–H groups in total. The monoisotopic (exact) mass is 294 g/mol. The molecule has 0 saturated carbocycles. The van der Waals surface area contributed by atoms with Crippen molar-refractivity contribution in [3.63, 3.8) is 0 Å². The van der Waals surface area contributed by atoms with Crippen LogP contribution in [0.3, 0.4) is 0 Å². The Labute approximate surface area is 134 Å². The fourth-order valence-corrected chi connectivity index (χ4v) is 2.03. The first kappa shape index (κ1) is 16.4. The van der Waals surface area contributed by atoms with Crippen LogP contribution in [0.5, 0.6) is 0 Å². The Morgan fingerprint density at radius 3 is 1.36 bits per heavy atom. The molecule has 0 aliphatic heterocycles. The Morgan fingerprint density at radius 2 is 1.05 bits per heavy atom. The molecule has 0 unspecified atom stereocenters. The van der Waals surface area contributed by atoms with Crippen molar-refractivity contribution in [3.05, 3.63) is 47.5 Å². The van der Waals surface area contributed by atoms with Crippen LogP contribution < -0.4 is 0 Å². The Morgan fingerprint density at radius 1 is 0.682 bits per heavy atom. The standard InChI is InChI=1S/C20H26N2/c1-19(2,3)21-13-17-11-15-9-7-8-10-16(15)12-18(17)14-22-20(4,5)6/h7-14H,1-6H3. The third-order valence-corrected chi connectivity index (χ3v) is 3.13. The molecule has 2 aromatic carbocycles. The van der Waals surface area contributed by atoms with E-state index in [4.69, 9.17) is 0 Å². The third kappa shape index (κ3) is 4.80. The van der Waals surface area contributed by atoms with E-state index >= 15 is 0 Å². The van der Waals surface area contributed by atoms with Crippen LogP contribution in [0, 0.1) is 0 Å². The van der Waals surface area contributed by atoms with Gasteiger partial charge in [-0.25, -0.2) is 0 Å². The molecular weight excluding hydrogens is 268 g/mol. The normalized spacial score (nSPS) is 13.5. The van der Waals surface area contributed by atoms with E-state index in [1.165, 1.54) is 10.8 Å². The SMILES string of the molecule is CC(C)(C)N=Cc1cc2ccccc2cc1C=NC(C)(C)C. The summed E-state index contributed by atoms with van der Waals surface area (Å²) in [5.41, 5.74) is 2.07. The van der Waals surface area contributed by atoms with Gasteiger partial charge in [0.15, 0.2) is 0 Å². The Balaban J connectivity index is 2.55. The van der Waals surface area contributed by atoms with Crippen molar-refractivity contribution >= 4 is 23.2 Å². The molecule has 0 spiro atoms. The maximum atomic E-state index is 4.65. The molecule has 0 radical (unpaired) electrons. The average molecular weight is 294 g/mol. The second-order valence-electron chi connectivity index (χ2n) is 7.69. The highest BCUT2D eigenvalue weighted by Gasteiger charge is 2.09. The highest BCUT2D eigenvalue weighted by atomic mass is 14.8. The van der Waals surface area contributed by atoms with E-state index in [0.717, 1.165) is 11.1 Å². The highest BCUT2D eigenvalue weighted by molar-refractivity contribution is 6.01. The molecule has 0 bridgehead atoms. The smallest absolute Gasteiger partial charge is 0.0524 e. The van der Waals surface area contributed by atoms with Gasteiger partial charge in [0.25, 0.3) is 0 Å². The van der Waals surface area contributed by atoms with Crippen LogP contribution in [-0.2, 0) is 0 Å². The number of benzene rings is 2. The van der Waals surface area contributed by atoms with Gasteiger partial charge < -0.3 is 0 Å². The third-order valence-electron chi connectivity index (χ3n) is 3.13. The summed E-state index contributed by atoms with van der Waals surface area (Å²) in [7, 11) is 0. The van der Waals surface area contributed by atoms with Gasteiger partial charge >= 0.3 is 0 Å². The Hall–Kier alpha value is -1.96. The number of hydrogen-bond acceptors (Lipinski definition) is 2. The molecule has 116 valence electrons. The van der Waals surface area contributed by atoms with Crippen molar-refractivity contribution in [1.82, 2.24) is 0 Å². The maximum Gasteiger partial charge on any atom is 0.0524 e. The summed E-state index contributed by atoms with van der Waals surface area (Å²) in [5, 5.41) is 2.46. The van der Waals surface area contributed by atoms with Crippen LogP contribution in [0.25, 0.3) is 10.8 Å². The number of fused-ring (bicyclic) bond motifs is 1. The molecular formula is C20H26N2. The van der Waals surface area contributed by atoms with E-state index in [9.17, 15) is 0 Å². The number of aliphatic imine (C=N–C) groups is 2. The van der Waals surface area contributed by atoms with Gasteiger partial charge in [0.1, 0.15) is 0 Å². The minimum atomic E-state index is -0.0793. The summed E-state index contributed by atoms with van der Waals surface area (Å²) in [6.45, 7) is 12.6. The first-order valence-corrected chi connectivity index (χ1v) is 7.77. The van der Waals surface area contributed by atoms with E-state index in [-0.39, 0.29) is 11.1 Å². The molecule has 2 rings (SSSR count). The second-order valence-corrected chi connectivity index (χ2v) is 7.69. The second kappa shape index (κ2) is 6.04. The lowest BCUT2D eigenvalue weighted by molar-refractivity contribution is 0.585. The first-order valence-electron chi connectivity index (χ1n) is 7.77.